The van der Waals surface area contributed by atoms with Gasteiger partial charge in [0.2, 0.25) is 5.82 Å². The van der Waals surface area contributed by atoms with Crippen molar-refractivity contribution < 1.29 is 13.5 Å². The van der Waals surface area contributed by atoms with Gasteiger partial charge in [0, 0.05) is 5.56 Å². The standard InChI is InChI=1S/C28H38F2O/c1-3-19-5-7-20(8-6-19)21-9-11-22(12-10-21)23-13-15-24(16-14-23)25-17-18-26(31-4-2)28(30)27(25)29/h3,15,17-23H,1,4-14,16H2,2H3. The highest BCUT2D eigenvalue weighted by atomic mass is 19.2. The molecule has 2 fully saturated rings. The maximum Gasteiger partial charge on any atom is 0.201 e. The van der Waals surface area contributed by atoms with Gasteiger partial charge in [-0.15, -0.1) is 6.58 Å². The van der Waals surface area contributed by atoms with E-state index in [9.17, 15) is 8.78 Å². The molecule has 1 atom stereocenters. The van der Waals surface area contributed by atoms with Crippen LogP contribution in [0.1, 0.15) is 83.1 Å². The van der Waals surface area contributed by atoms with E-state index in [1.165, 1.54) is 51.4 Å². The van der Waals surface area contributed by atoms with Crippen LogP contribution in [0, 0.1) is 41.2 Å². The molecule has 0 heterocycles. The van der Waals surface area contributed by atoms with Crippen LogP contribution in [-0.4, -0.2) is 6.61 Å². The Morgan fingerprint density at radius 2 is 1.48 bits per heavy atom. The van der Waals surface area contributed by atoms with E-state index in [0.29, 0.717) is 18.1 Å². The predicted molar refractivity (Wildman–Crippen MR) is 124 cm³/mol. The molecule has 0 saturated heterocycles. The molecule has 1 unspecified atom stereocenters. The second kappa shape index (κ2) is 10.3. The van der Waals surface area contributed by atoms with Crippen LogP contribution in [0.3, 0.4) is 0 Å². The van der Waals surface area contributed by atoms with Crippen molar-refractivity contribution in [3.8, 4) is 5.75 Å². The van der Waals surface area contributed by atoms with E-state index < -0.39 is 11.6 Å². The lowest BCUT2D eigenvalue weighted by molar-refractivity contribution is 0.128. The van der Waals surface area contributed by atoms with Crippen molar-refractivity contribution in [2.24, 2.45) is 29.6 Å². The summed E-state index contributed by atoms with van der Waals surface area (Å²) in [5.74, 6) is 2.52. The molecule has 170 valence electrons. The molecule has 1 aromatic carbocycles. The number of ether oxygens (including phenoxy) is 1. The molecule has 0 N–H and O–H groups in total. The van der Waals surface area contributed by atoms with Crippen molar-refractivity contribution in [3.05, 3.63) is 48.1 Å². The Morgan fingerprint density at radius 1 is 0.871 bits per heavy atom. The molecule has 0 radical (unpaired) electrons. The maximum atomic E-state index is 14.6. The average molecular weight is 429 g/mol. The van der Waals surface area contributed by atoms with Gasteiger partial charge in [0.15, 0.2) is 11.6 Å². The van der Waals surface area contributed by atoms with Crippen LogP contribution in [0.25, 0.3) is 5.57 Å². The monoisotopic (exact) mass is 428 g/mol. The number of allylic oxidation sites excluding steroid dienone is 3. The third-order valence-corrected chi connectivity index (χ3v) is 8.44. The van der Waals surface area contributed by atoms with Gasteiger partial charge in [-0.05, 0) is 125 Å². The van der Waals surface area contributed by atoms with Gasteiger partial charge in [0.1, 0.15) is 0 Å². The molecule has 1 nitrogen and oxygen atoms in total. The first-order chi connectivity index (χ1) is 15.1. The van der Waals surface area contributed by atoms with Crippen molar-refractivity contribution in [1.82, 2.24) is 0 Å². The zero-order chi connectivity index (χ0) is 21.8. The summed E-state index contributed by atoms with van der Waals surface area (Å²) in [7, 11) is 0. The minimum Gasteiger partial charge on any atom is -0.491 e. The minimum atomic E-state index is -0.859. The van der Waals surface area contributed by atoms with Crippen LogP contribution in [0.15, 0.2) is 30.9 Å². The van der Waals surface area contributed by atoms with Crippen molar-refractivity contribution in [2.75, 3.05) is 6.61 Å². The Kier molecular flexibility index (Phi) is 7.51. The lowest BCUT2D eigenvalue weighted by Gasteiger charge is -2.40. The van der Waals surface area contributed by atoms with Gasteiger partial charge in [0.05, 0.1) is 6.61 Å². The van der Waals surface area contributed by atoms with Crippen molar-refractivity contribution in [1.29, 1.82) is 0 Å². The molecular weight excluding hydrogens is 390 g/mol. The maximum absolute atomic E-state index is 14.6. The van der Waals surface area contributed by atoms with Crippen molar-refractivity contribution >= 4 is 5.57 Å². The van der Waals surface area contributed by atoms with Gasteiger partial charge in [-0.25, -0.2) is 4.39 Å². The summed E-state index contributed by atoms with van der Waals surface area (Å²) in [6.07, 6.45) is 18.2. The van der Waals surface area contributed by atoms with Crippen LogP contribution in [0.2, 0.25) is 0 Å². The Balaban J connectivity index is 1.30. The molecule has 3 heteroatoms. The topological polar surface area (TPSA) is 9.23 Å². The molecule has 0 amide bonds. The lowest BCUT2D eigenvalue weighted by Crippen LogP contribution is -2.28. The highest BCUT2D eigenvalue weighted by molar-refractivity contribution is 5.67. The third-order valence-electron chi connectivity index (χ3n) is 8.44. The number of hydrogen-bond acceptors (Lipinski definition) is 1. The Morgan fingerprint density at radius 3 is 2.03 bits per heavy atom. The SMILES string of the molecule is C=CC1CCC(C2CCC(C3CC=C(c4ccc(OCC)c(F)c4F)CC3)CC2)CC1. The molecule has 0 aliphatic heterocycles. The van der Waals surface area contributed by atoms with Crippen LogP contribution < -0.4 is 4.74 Å². The van der Waals surface area contributed by atoms with E-state index in [1.807, 2.05) is 0 Å². The minimum absolute atomic E-state index is 0.00720. The molecule has 31 heavy (non-hydrogen) atoms. The zero-order valence-corrected chi connectivity index (χ0v) is 19.1. The van der Waals surface area contributed by atoms with Gasteiger partial charge in [-0.2, -0.15) is 4.39 Å². The molecular formula is C28H38F2O. The highest BCUT2D eigenvalue weighted by Gasteiger charge is 2.33. The lowest BCUT2D eigenvalue weighted by atomic mass is 9.66. The molecule has 1 aromatic rings. The summed E-state index contributed by atoms with van der Waals surface area (Å²) in [4.78, 5) is 0. The fourth-order valence-electron chi connectivity index (χ4n) is 6.51. The molecule has 3 aliphatic carbocycles. The second-order valence-corrected chi connectivity index (χ2v) is 10.0. The zero-order valence-electron chi connectivity index (χ0n) is 19.1. The van der Waals surface area contributed by atoms with Gasteiger partial charge in [-0.3, -0.25) is 0 Å². The van der Waals surface area contributed by atoms with Gasteiger partial charge < -0.3 is 4.74 Å². The normalized spacial score (nSPS) is 31.7. The quantitative estimate of drug-likeness (QED) is 0.414. The van der Waals surface area contributed by atoms with Crippen molar-refractivity contribution in [3.63, 3.8) is 0 Å². The van der Waals surface area contributed by atoms with Crippen LogP contribution >= 0.6 is 0 Å². The second-order valence-electron chi connectivity index (χ2n) is 10.0. The van der Waals surface area contributed by atoms with Crippen LogP contribution in [0.5, 0.6) is 5.75 Å². The van der Waals surface area contributed by atoms with Crippen LogP contribution in [-0.2, 0) is 0 Å². The summed E-state index contributed by atoms with van der Waals surface area (Å²) in [5.41, 5.74) is 1.38. The number of halogens is 2. The Labute approximate surface area is 187 Å². The van der Waals surface area contributed by atoms with Crippen molar-refractivity contribution in [2.45, 2.75) is 77.6 Å². The van der Waals surface area contributed by atoms with E-state index in [-0.39, 0.29) is 5.75 Å². The first-order valence-corrected chi connectivity index (χ1v) is 12.5. The number of rotatable bonds is 6. The molecule has 0 bridgehead atoms. The van der Waals surface area contributed by atoms with Crippen LogP contribution in [0.4, 0.5) is 8.78 Å². The van der Waals surface area contributed by atoms with E-state index in [1.54, 1.807) is 19.1 Å². The van der Waals surface area contributed by atoms with E-state index in [2.05, 4.69) is 18.7 Å². The summed E-state index contributed by atoms with van der Waals surface area (Å²) in [6, 6.07) is 3.25. The largest absolute Gasteiger partial charge is 0.491 e. The van der Waals surface area contributed by atoms with Gasteiger partial charge in [-0.1, -0.05) is 12.2 Å². The first-order valence-electron chi connectivity index (χ1n) is 12.5. The van der Waals surface area contributed by atoms with E-state index in [0.717, 1.165) is 48.5 Å². The Hall–Kier alpha value is -1.64. The summed E-state index contributed by atoms with van der Waals surface area (Å²) >= 11 is 0. The van der Waals surface area contributed by atoms with Gasteiger partial charge >= 0.3 is 0 Å². The molecule has 0 aromatic heterocycles. The summed E-state index contributed by atoms with van der Waals surface area (Å²) in [5, 5.41) is 0. The predicted octanol–water partition coefficient (Wildman–Crippen LogP) is 8.35. The summed E-state index contributed by atoms with van der Waals surface area (Å²) in [6.45, 7) is 6.08. The highest BCUT2D eigenvalue weighted by Crippen LogP contribution is 2.46. The van der Waals surface area contributed by atoms with E-state index >= 15 is 0 Å². The number of benzene rings is 1. The smallest absolute Gasteiger partial charge is 0.201 e. The number of hydrogen-bond donors (Lipinski definition) is 0. The third kappa shape index (κ3) is 5.07. The fourth-order valence-corrected chi connectivity index (χ4v) is 6.51. The van der Waals surface area contributed by atoms with Gasteiger partial charge in [0.25, 0.3) is 0 Å². The molecule has 2 saturated carbocycles. The molecule has 4 rings (SSSR count). The van der Waals surface area contributed by atoms with E-state index in [4.69, 9.17) is 4.74 Å². The molecule has 3 aliphatic rings. The fraction of sp³-hybridized carbons (Fsp3) is 0.643. The average Bonchev–Trinajstić information content (AvgIpc) is 2.83. The summed E-state index contributed by atoms with van der Waals surface area (Å²) < 4.78 is 34.0. The molecule has 0 spiro atoms. The first kappa shape index (κ1) is 22.6. The Bertz CT molecular complexity index is 782.